The second-order valence-electron chi connectivity index (χ2n) is 8.25. The first-order valence-corrected chi connectivity index (χ1v) is 11.3. The number of nitrogens with two attached hydrogens (primary N) is 3. The van der Waals surface area contributed by atoms with Crippen LogP contribution in [0.3, 0.4) is 0 Å². The van der Waals surface area contributed by atoms with Gasteiger partial charge in [-0.1, -0.05) is 11.6 Å². The Kier molecular flexibility index (Phi) is 5.81. The number of hydrogen-bond donors (Lipinski definition) is 4. The van der Waals surface area contributed by atoms with Crippen molar-refractivity contribution in [3.8, 4) is 11.5 Å². The van der Waals surface area contributed by atoms with Crippen molar-refractivity contribution in [1.82, 2.24) is 15.0 Å². The van der Waals surface area contributed by atoms with Crippen molar-refractivity contribution in [2.45, 2.75) is 12.8 Å². The summed E-state index contributed by atoms with van der Waals surface area (Å²) < 4.78 is 17.4. The lowest BCUT2D eigenvalue weighted by molar-refractivity contribution is 0.0995. The van der Waals surface area contributed by atoms with Gasteiger partial charge in [0, 0.05) is 45.9 Å². The number of hydrogen-bond acceptors (Lipinski definition) is 8. The number of aromatic amines is 1. The van der Waals surface area contributed by atoms with Crippen LogP contribution in [0.4, 0.5) is 11.8 Å². The van der Waals surface area contributed by atoms with Crippen LogP contribution in [0.2, 0.25) is 5.02 Å². The van der Waals surface area contributed by atoms with E-state index >= 15 is 0 Å². The van der Waals surface area contributed by atoms with Crippen molar-refractivity contribution in [1.29, 1.82) is 0 Å². The molecule has 0 aliphatic carbocycles. The maximum atomic E-state index is 12.2. The summed E-state index contributed by atoms with van der Waals surface area (Å²) in [5, 5.41) is 2.12. The van der Waals surface area contributed by atoms with Crippen molar-refractivity contribution >= 4 is 51.1 Å². The Morgan fingerprint density at radius 3 is 2.58 bits per heavy atom. The number of anilines is 2. The molecule has 0 atom stereocenters. The third kappa shape index (κ3) is 4.01. The molecule has 0 spiro atoms. The van der Waals surface area contributed by atoms with Crippen molar-refractivity contribution in [3.05, 3.63) is 69.7 Å². The molecule has 0 saturated heterocycles. The van der Waals surface area contributed by atoms with Gasteiger partial charge < -0.3 is 36.1 Å². The molecule has 0 bridgehead atoms. The van der Waals surface area contributed by atoms with E-state index in [1.54, 1.807) is 31.5 Å². The van der Waals surface area contributed by atoms with Crippen LogP contribution in [-0.2, 0) is 12.8 Å². The Bertz CT molecular complexity index is 1640. The predicted molar refractivity (Wildman–Crippen MR) is 138 cm³/mol. The highest BCUT2D eigenvalue weighted by Crippen LogP contribution is 2.41. The van der Waals surface area contributed by atoms with Gasteiger partial charge in [-0.15, -0.1) is 0 Å². The highest BCUT2D eigenvalue weighted by molar-refractivity contribution is 6.31. The van der Waals surface area contributed by atoms with E-state index in [2.05, 4.69) is 15.0 Å². The van der Waals surface area contributed by atoms with E-state index in [0.29, 0.717) is 51.1 Å². The first-order chi connectivity index (χ1) is 17.3. The van der Waals surface area contributed by atoms with Crippen LogP contribution < -0.4 is 26.7 Å². The topological polar surface area (TPSA) is 168 Å². The minimum Gasteiger partial charge on any atom is -0.493 e. The van der Waals surface area contributed by atoms with Crippen molar-refractivity contribution in [2.75, 3.05) is 25.7 Å². The molecular weight excluding hydrogens is 484 g/mol. The van der Waals surface area contributed by atoms with Gasteiger partial charge in [0.15, 0.2) is 11.3 Å². The fraction of sp³-hybridized carbons (Fsp3) is 0.160. The maximum Gasteiger partial charge on any atom is 0.265 e. The number of nitrogens with one attached hydrogen (secondary N) is 1. The molecule has 5 rings (SSSR count). The number of nitrogens with zero attached hydrogens (tertiary/aromatic N) is 2. The Labute approximate surface area is 210 Å². The van der Waals surface area contributed by atoms with E-state index in [0.717, 1.165) is 21.9 Å². The summed E-state index contributed by atoms with van der Waals surface area (Å²) in [5.41, 5.74) is 21.2. The van der Waals surface area contributed by atoms with Crippen LogP contribution >= 0.6 is 11.6 Å². The zero-order valence-electron chi connectivity index (χ0n) is 19.5. The number of nitrogen functional groups attached to an aromatic ring is 2. The molecule has 0 saturated carbocycles. The maximum absolute atomic E-state index is 12.2. The molecular formula is C25H23ClN6O4. The Morgan fingerprint density at radius 2 is 1.89 bits per heavy atom. The van der Waals surface area contributed by atoms with E-state index in [1.807, 2.05) is 12.1 Å². The number of primary amides is 1. The average Bonchev–Trinajstić information content (AvgIpc) is 3.42. The van der Waals surface area contributed by atoms with E-state index in [9.17, 15) is 4.79 Å². The number of ether oxygens (including phenoxy) is 2. The number of halogens is 1. The smallest absolute Gasteiger partial charge is 0.265 e. The largest absolute Gasteiger partial charge is 0.493 e. The Morgan fingerprint density at radius 1 is 1.08 bits per heavy atom. The zero-order chi connectivity index (χ0) is 25.6. The SMILES string of the molecule is COc1cc(Cc2cnc(N)nc2N)c2cc(Cc3c(C(N)=O)[nH]c4ccc(Cl)cc34)oc2c1OC. The summed E-state index contributed by atoms with van der Waals surface area (Å²) in [5.74, 6) is 1.34. The van der Waals surface area contributed by atoms with Crippen molar-refractivity contribution < 1.29 is 18.7 Å². The number of carbonyl (C=O) groups is 1. The Balaban J connectivity index is 1.66. The molecule has 0 radical (unpaired) electrons. The van der Waals surface area contributed by atoms with Gasteiger partial charge in [0.2, 0.25) is 11.7 Å². The lowest BCUT2D eigenvalue weighted by Crippen LogP contribution is -2.13. The van der Waals surface area contributed by atoms with Crippen LogP contribution in [0.5, 0.6) is 11.5 Å². The van der Waals surface area contributed by atoms with E-state index in [4.69, 9.17) is 42.7 Å². The fourth-order valence-corrected chi connectivity index (χ4v) is 4.58. The van der Waals surface area contributed by atoms with Crippen LogP contribution in [0.15, 0.2) is 40.9 Å². The highest BCUT2D eigenvalue weighted by atomic mass is 35.5. The van der Waals surface area contributed by atoms with E-state index in [1.165, 1.54) is 7.11 Å². The van der Waals surface area contributed by atoms with E-state index in [-0.39, 0.29) is 18.2 Å². The van der Waals surface area contributed by atoms with Gasteiger partial charge >= 0.3 is 0 Å². The molecule has 0 fully saturated rings. The first-order valence-electron chi connectivity index (χ1n) is 10.9. The second kappa shape index (κ2) is 8.97. The third-order valence-corrected chi connectivity index (χ3v) is 6.29. The fourth-order valence-electron chi connectivity index (χ4n) is 4.40. The number of amides is 1. The molecule has 5 aromatic rings. The monoisotopic (exact) mass is 506 g/mol. The molecule has 0 aliphatic heterocycles. The first kappa shape index (κ1) is 23.3. The summed E-state index contributed by atoms with van der Waals surface area (Å²) in [6.07, 6.45) is 2.28. The number of carbonyl (C=O) groups excluding carboxylic acids is 1. The van der Waals surface area contributed by atoms with Gasteiger partial charge in [-0.05, 0) is 41.5 Å². The molecule has 3 aromatic heterocycles. The van der Waals surface area contributed by atoms with Gasteiger partial charge in [0.25, 0.3) is 5.91 Å². The summed E-state index contributed by atoms with van der Waals surface area (Å²) >= 11 is 6.23. The van der Waals surface area contributed by atoms with Gasteiger partial charge in [0.05, 0.1) is 14.2 Å². The second-order valence-corrected chi connectivity index (χ2v) is 8.69. The van der Waals surface area contributed by atoms with Crippen LogP contribution in [0.25, 0.3) is 21.9 Å². The molecule has 184 valence electrons. The van der Waals surface area contributed by atoms with Gasteiger partial charge in [-0.3, -0.25) is 4.79 Å². The zero-order valence-corrected chi connectivity index (χ0v) is 20.3. The molecule has 7 N–H and O–H groups in total. The quantitative estimate of drug-likeness (QED) is 0.258. The highest BCUT2D eigenvalue weighted by Gasteiger charge is 2.22. The van der Waals surface area contributed by atoms with Gasteiger partial charge in [0.1, 0.15) is 17.3 Å². The predicted octanol–water partition coefficient (Wildman–Crippen LogP) is 3.82. The summed E-state index contributed by atoms with van der Waals surface area (Å²) in [7, 11) is 3.09. The molecule has 36 heavy (non-hydrogen) atoms. The van der Waals surface area contributed by atoms with Crippen LogP contribution in [-0.4, -0.2) is 35.1 Å². The molecule has 0 unspecified atom stereocenters. The minimum atomic E-state index is -0.577. The minimum absolute atomic E-state index is 0.100. The van der Waals surface area contributed by atoms with Gasteiger partial charge in [-0.2, -0.15) is 4.98 Å². The van der Waals surface area contributed by atoms with Crippen LogP contribution in [0.1, 0.15) is 32.9 Å². The van der Waals surface area contributed by atoms with E-state index < -0.39 is 5.91 Å². The Hall–Kier alpha value is -4.44. The molecule has 2 aromatic carbocycles. The number of fused-ring (bicyclic) bond motifs is 2. The molecule has 10 nitrogen and oxygen atoms in total. The molecule has 3 heterocycles. The van der Waals surface area contributed by atoms with Gasteiger partial charge in [-0.25, -0.2) is 4.98 Å². The summed E-state index contributed by atoms with van der Waals surface area (Å²) in [4.78, 5) is 23.4. The van der Waals surface area contributed by atoms with Crippen LogP contribution in [0, 0.1) is 0 Å². The third-order valence-electron chi connectivity index (χ3n) is 6.05. The molecule has 1 amide bonds. The lowest BCUT2D eigenvalue weighted by atomic mass is 10.0. The van der Waals surface area contributed by atoms with Crippen molar-refractivity contribution in [2.24, 2.45) is 5.73 Å². The molecule has 11 heteroatoms. The number of rotatable bonds is 7. The summed E-state index contributed by atoms with van der Waals surface area (Å²) in [6, 6.07) is 9.09. The van der Waals surface area contributed by atoms with Crippen molar-refractivity contribution in [3.63, 3.8) is 0 Å². The number of H-pyrrole nitrogens is 1. The molecule has 0 aliphatic rings. The number of methoxy groups -OCH3 is 2. The number of aromatic nitrogens is 3. The normalized spacial score (nSPS) is 11.3. The number of benzene rings is 2. The standard InChI is InChI=1S/C25H23ClN6O4/c1-34-19-6-11(5-12-10-30-25(29)32-23(12)27)15-8-14(36-21(15)22(19)35-2)9-17-16-7-13(26)3-4-18(16)31-20(17)24(28)33/h3-4,6-8,10,31H,5,9H2,1-2H3,(H2,28,33)(H4,27,29,30,32). The number of furan rings is 1. The summed E-state index contributed by atoms with van der Waals surface area (Å²) in [6.45, 7) is 0. The lowest BCUT2D eigenvalue weighted by Gasteiger charge is -2.12. The average molecular weight is 507 g/mol.